The van der Waals surface area contributed by atoms with Gasteiger partial charge in [0.15, 0.2) is 0 Å². The molecule has 0 spiro atoms. The smallest absolute Gasteiger partial charge is 0.319 e. The van der Waals surface area contributed by atoms with Crippen molar-refractivity contribution in [3.05, 3.63) is 16.6 Å². The van der Waals surface area contributed by atoms with Gasteiger partial charge in [0.25, 0.3) is 0 Å². The summed E-state index contributed by atoms with van der Waals surface area (Å²) in [4.78, 5) is 14.8. The molecule has 1 aromatic rings. The molecule has 0 atom stereocenters. The Kier molecular flexibility index (Phi) is 3.33. The first-order chi connectivity index (χ1) is 6.02. The Morgan fingerprint density at radius 3 is 2.92 bits per heavy atom. The zero-order valence-electron chi connectivity index (χ0n) is 7.48. The summed E-state index contributed by atoms with van der Waals surface area (Å²) in [7, 11) is 0. The minimum absolute atomic E-state index is 0.664. The molecule has 3 nitrogen and oxygen atoms in total. The number of aliphatic carboxylic acids is 1. The largest absolute Gasteiger partial charge is 0.480 e. The molecule has 1 rings (SSSR count). The van der Waals surface area contributed by atoms with E-state index in [1.807, 2.05) is 5.38 Å². The maximum atomic E-state index is 10.7. The van der Waals surface area contributed by atoms with Crippen LogP contribution in [0.2, 0.25) is 0 Å². The number of nitrogens with zero attached hydrogens (tertiary/aromatic N) is 1. The molecule has 0 aromatic carbocycles. The molecule has 5 heteroatoms. The molecule has 1 N–H and O–H groups in total. The second kappa shape index (κ2) is 4.11. The van der Waals surface area contributed by atoms with Gasteiger partial charge in [0.05, 0.1) is 0 Å². The normalized spacial score (nSPS) is 11.5. The lowest BCUT2D eigenvalue weighted by atomic mass is 10.2. The average molecular weight is 217 g/mol. The third-order valence-corrected chi connectivity index (χ3v) is 3.83. The highest BCUT2D eigenvalue weighted by Gasteiger charge is 2.27. The predicted molar refractivity (Wildman–Crippen MR) is 55.1 cm³/mol. The molecule has 0 unspecified atom stereocenters. The Balaban J connectivity index is 2.47. The van der Waals surface area contributed by atoms with Gasteiger partial charge < -0.3 is 5.11 Å². The fourth-order valence-corrected chi connectivity index (χ4v) is 2.16. The summed E-state index contributed by atoms with van der Waals surface area (Å²) in [6, 6.07) is 0. The highest BCUT2D eigenvalue weighted by molar-refractivity contribution is 8.00. The maximum Gasteiger partial charge on any atom is 0.319 e. The second-order valence-electron chi connectivity index (χ2n) is 3.03. The number of hydrogen-bond donors (Lipinski definition) is 1. The molecule has 0 saturated heterocycles. The van der Waals surface area contributed by atoms with Crippen molar-refractivity contribution in [2.24, 2.45) is 0 Å². The molecular formula is C8H11NO2S2. The summed E-state index contributed by atoms with van der Waals surface area (Å²) in [6.45, 7) is 3.40. The van der Waals surface area contributed by atoms with Gasteiger partial charge in [-0.25, -0.2) is 4.98 Å². The summed E-state index contributed by atoms with van der Waals surface area (Å²) < 4.78 is -0.730. The molecule has 0 fully saturated rings. The van der Waals surface area contributed by atoms with Crippen LogP contribution in [0, 0.1) is 0 Å². The molecule has 13 heavy (non-hydrogen) atoms. The Bertz CT molecular complexity index is 282. The molecule has 1 heterocycles. The fraction of sp³-hybridized carbons (Fsp3) is 0.500. The topological polar surface area (TPSA) is 50.2 Å². The van der Waals surface area contributed by atoms with Crippen LogP contribution in [0.4, 0.5) is 0 Å². The SMILES string of the molecule is CC(C)(SCc1nccs1)C(=O)O. The lowest BCUT2D eigenvalue weighted by molar-refractivity contribution is -0.138. The zero-order valence-corrected chi connectivity index (χ0v) is 9.11. The number of carboxylic acids is 1. The van der Waals surface area contributed by atoms with E-state index in [9.17, 15) is 4.79 Å². The predicted octanol–water partition coefficient (Wildman–Crippen LogP) is 2.24. The van der Waals surface area contributed by atoms with Crippen molar-refractivity contribution in [1.29, 1.82) is 0 Å². The second-order valence-corrected chi connectivity index (χ2v) is 5.61. The van der Waals surface area contributed by atoms with Crippen LogP contribution in [0.25, 0.3) is 0 Å². The maximum absolute atomic E-state index is 10.7. The van der Waals surface area contributed by atoms with E-state index in [0.717, 1.165) is 5.01 Å². The number of rotatable bonds is 4. The summed E-state index contributed by atoms with van der Waals surface area (Å²) in [5.41, 5.74) is 0. The molecule has 1 aromatic heterocycles. The van der Waals surface area contributed by atoms with Gasteiger partial charge >= 0.3 is 5.97 Å². The lowest BCUT2D eigenvalue weighted by Gasteiger charge is -2.17. The molecule has 0 bridgehead atoms. The van der Waals surface area contributed by atoms with Crippen molar-refractivity contribution in [2.75, 3.05) is 0 Å². The summed E-state index contributed by atoms with van der Waals surface area (Å²) in [5.74, 6) is -0.120. The van der Waals surface area contributed by atoms with Crippen molar-refractivity contribution in [2.45, 2.75) is 24.3 Å². The van der Waals surface area contributed by atoms with Crippen LogP contribution >= 0.6 is 23.1 Å². The quantitative estimate of drug-likeness (QED) is 0.840. The number of thiazole rings is 1. The highest BCUT2D eigenvalue weighted by atomic mass is 32.2. The molecule has 0 saturated carbocycles. The van der Waals surface area contributed by atoms with Crippen molar-refractivity contribution in [1.82, 2.24) is 4.98 Å². The van der Waals surface area contributed by atoms with Crippen LogP contribution in [-0.4, -0.2) is 20.8 Å². The minimum atomic E-state index is -0.783. The van der Waals surface area contributed by atoms with Gasteiger partial charge in [-0.05, 0) is 13.8 Å². The zero-order chi connectivity index (χ0) is 9.90. The Hall–Kier alpha value is -0.550. The first kappa shape index (κ1) is 10.5. The van der Waals surface area contributed by atoms with E-state index >= 15 is 0 Å². The Morgan fingerprint density at radius 2 is 2.46 bits per heavy atom. The van der Waals surface area contributed by atoms with Gasteiger partial charge in [-0.2, -0.15) is 0 Å². The molecule has 72 valence electrons. The van der Waals surface area contributed by atoms with E-state index in [4.69, 9.17) is 5.11 Å². The van der Waals surface area contributed by atoms with E-state index < -0.39 is 10.7 Å². The lowest BCUT2D eigenvalue weighted by Crippen LogP contribution is -2.27. The number of carbonyl (C=O) groups is 1. The van der Waals surface area contributed by atoms with Crippen LogP contribution in [0.15, 0.2) is 11.6 Å². The van der Waals surface area contributed by atoms with Crippen LogP contribution in [0.3, 0.4) is 0 Å². The summed E-state index contributed by atoms with van der Waals surface area (Å²) in [6.07, 6.45) is 1.73. The van der Waals surface area contributed by atoms with Crippen LogP contribution < -0.4 is 0 Å². The standard InChI is InChI=1S/C8H11NO2S2/c1-8(2,7(10)11)13-5-6-9-3-4-12-6/h3-4H,5H2,1-2H3,(H,10,11). The minimum Gasteiger partial charge on any atom is -0.480 e. The average Bonchev–Trinajstić information content (AvgIpc) is 2.52. The number of aromatic nitrogens is 1. The van der Waals surface area contributed by atoms with Crippen molar-refractivity contribution in [3.63, 3.8) is 0 Å². The Morgan fingerprint density at radius 1 is 1.77 bits per heavy atom. The van der Waals surface area contributed by atoms with Gasteiger partial charge in [-0.15, -0.1) is 23.1 Å². The van der Waals surface area contributed by atoms with Crippen LogP contribution in [-0.2, 0) is 10.5 Å². The molecule has 0 amide bonds. The van der Waals surface area contributed by atoms with Gasteiger partial charge in [0, 0.05) is 17.3 Å². The van der Waals surface area contributed by atoms with Crippen LogP contribution in [0.1, 0.15) is 18.9 Å². The van der Waals surface area contributed by atoms with E-state index in [0.29, 0.717) is 5.75 Å². The van der Waals surface area contributed by atoms with Crippen molar-refractivity contribution >= 4 is 29.1 Å². The summed E-state index contributed by atoms with van der Waals surface area (Å²) in [5, 5.41) is 11.7. The number of thioether (sulfide) groups is 1. The van der Waals surface area contributed by atoms with Crippen molar-refractivity contribution < 1.29 is 9.90 Å². The molecule has 0 aliphatic rings. The van der Waals surface area contributed by atoms with Gasteiger partial charge in [-0.3, -0.25) is 4.79 Å². The molecular weight excluding hydrogens is 206 g/mol. The number of hydrogen-bond acceptors (Lipinski definition) is 4. The monoisotopic (exact) mass is 217 g/mol. The van der Waals surface area contributed by atoms with Crippen molar-refractivity contribution in [3.8, 4) is 0 Å². The van der Waals surface area contributed by atoms with Crippen LogP contribution in [0.5, 0.6) is 0 Å². The van der Waals surface area contributed by atoms with E-state index in [2.05, 4.69) is 4.98 Å². The van der Waals surface area contributed by atoms with Gasteiger partial charge in [-0.1, -0.05) is 0 Å². The van der Waals surface area contributed by atoms with E-state index in [-0.39, 0.29) is 0 Å². The molecule has 0 aliphatic carbocycles. The first-order valence-corrected chi connectivity index (χ1v) is 5.64. The highest BCUT2D eigenvalue weighted by Crippen LogP contribution is 2.28. The van der Waals surface area contributed by atoms with Gasteiger partial charge in [0.2, 0.25) is 0 Å². The van der Waals surface area contributed by atoms with E-state index in [1.165, 1.54) is 11.8 Å². The number of carboxylic acid groups (broad SMARTS) is 1. The molecule has 0 aliphatic heterocycles. The first-order valence-electron chi connectivity index (χ1n) is 3.78. The fourth-order valence-electron chi connectivity index (χ4n) is 0.628. The third-order valence-electron chi connectivity index (χ3n) is 1.55. The summed E-state index contributed by atoms with van der Waals surface area (Å²) >= 11 is 2.94. The van der Waals surface area contributed by atoms with E-state index in [1.54, 1.807) is 31.4 Å². The Labute approximate surface area is 85.2 Å². The molecule has 0 radical (unpaired) electrons. The van der Waals surface area contributed by atoms with Gasteiger partial charge in [0.1, 0.15) is 9.75 Å². The third kappa shape index (κ3) is 3.00.